The average molecular weight is 614 g/mol. The molecule has 2 N–H and O–H groups in total. The van der Waals surface area contributed by atoms with Crippen molar-refractivity contribution in [3.05, 3.63) is 92.5 Å². The van der Waals surface area contributed by atoms with E-state index in [1.54, 1.807) is 7.11 Å². The molecule has 1 unspecified atom stereocenters. The van der Waals surface area contributed by atoms with Crippen LogP contribution in [-0.2, 0) is 28.9 Å². The molecular formula is C34H42Cl2N2O4. The van der Waals surface area contributed by atoms with E-state index in [0.717, 1.165) is 49.2 Å². The van der Waals surface area contributed by atoms with Crippen LogP contribution in [0.3, 0.4) is 0 Å². The van der Waals surface area contributed by atoms with E-state index in [1.165, 1.54) is 16.7 Å². The van der Waals surface area contributed by atoms with Crippen molar-refractivity contribution in [2.24, 2.45) is 11.7 Å². The predicted octanol–water partition coefficient (Wildman–Crippen LogP) is 6.96. The Morgan fingerprint density at radius 3 is 2.26 bits per heavy atom. The lowest BCUT2D eigenvalue weighted by Gasteiger charge is -2.28. The van der Waals surface area contributed by atoms with Crippen molar-refractivity contribution >= 4 is 29.1 Å². The summed E-state index contributed by atoms with van der Waals surface area (Å²) < 4.78 is 16.8. The molecule has 4 rings (SSSR count). The molecule has 0 aliphatic heterocycles. The number of hydrogen-bond acceptors (Lipinski definition) is 5. The number of hydrogen-bond donors (Lipinski definition) is 1. The maximum atomic E-state index is 13.8. The highest BCUT2D eigenvalue weighted by Gasteiger charge is 2.35. The fourth-order valence-electron chi connectivity index (χ4n) is 5.07. The first-order valence-electron chi connectivity index (χ1n) is 14.7. The highest BCUT2D eigenvalue weighted by Crippen LogP contribution is 2.34. The van der Waals surface area contributed by atoms with E-state index in [0.29, 0.717) is 54.6 Å². The quantitative estimate of drug-likeness (QED) is 0.177. The van der Waals surface area contributed by atoms with Crippen LogP contribution < -0.4 is 15.2 Å². The lowest BCUT2D eigenvalue weighted by Crippen LogP contribution is -2.41. The molecule has 3 aromatic rings. The number of carbonyl (C=O) groups excluding carboxylic acids is 1. The monoisotopic (exact) mass is 612 g/mol. The molecule has 0 heterocycles. The summed E-state index contributed by atoms with van der Waals surface area (Å²) in [6.45, 7) is 6.36. The molecule has 226 valence electrons. The van der Waals surface area contributed by atoms with Crippen LogP contribution in [0, 0.1) is 19.8 Å². The molecule has 1 aliphatic carbocycles. The number of methoxy groups -OCH3 is 1. The molecule has 1 fully saturated rings. The third-order valence-electron chi connectivity index (χ3n) is 7.62. The van der Waals surface area contributed by atoms with Crippen molar-refractivity contribution in [3.63, 3.8) is 0 Å². The molecule has 8 heteroatoms. The van der Waals surface area contributed by atoms with Crippen LogP contribution in [0.25, 0.3) is 0 Å². The summed E-state index contributed by atoms with van der Waals surface area (Å²) >= 11 is 12.5. The molecule has 1 saturated carbocycles. The lowest BCUT2D eigenvalue weighted by molar-refractivity contribution is -0.136. The Balaban J connectivity index is 1.32. The van der Waals surface area contributed by atoms with Gasteiger partial charge in [0.2, 0.25) is 5.91 Å². The minimum absolute atomic E-state index is 0.134. The maximum Gasteiger partial charge on any atom is 0.227 e. The van der Waals surface area contributed by atoms with Crippen molar-refractivity contribution in [3.8, 4) is 11.5 Å². The number of amides is 1. The van der Waals surface area contributed by atoms with Gasteiger partial charge in [0.05, 0.1) is 16.0 Å². The summed E-state index contributed by atoms with van der Waals surface area (Å²) in [7, 11) is 1.73. The Morgan fingerprint density at radius 1 is 0.952 bits per heavy atom. The predicted molar refractivity (Wildman–Crippen MR) is 170 cm³/mol. The van der Waals surface area contributed by atoms with Crippen LogP contribution in [0.4, 0.5) is 0 Å². The number of aryl methyl sites for hydroxylation is 3. The number of nitrogens with zero attached hydrogens (tertiary/aromatic N) is 1. The second-order valence-corrected chi connectivity index (χ2v) is 11.9. The first-order valence-corrected chi connectivity index (χ1v) is 15.4. The van der Waals surface area contributed by atoms with E-state index in [2.05, 4.69) is 30.0 Å². The highest BCUT2D eigenvalue weighted by molar-refractivity contribution is 6.37. The molecule has 0 bridgehead atoms. The number of nitrogens with two attached hydrogens (primary N) is 1. The third-order valence-corrected chi connectivity index (χ3v) is 8.18. The molecule has 1 aliphatic rings. The van der Waals surface area contributed by atoms with Crippen LogP contribution in [0.5, 0.6) is 11.5 Å². The lowest BCUT2D eigenvalue weighted by atomic mass is 9.96. The minimum Gasteiger partial charge on any atom is -0.490 e. The molecule has 0 spiro atoms. The fraction of sp³-hybridized carbons (Fsp3) is 0.441. The van der Waals surface area contributed by atoms with Crippen LogP contribution in [0.15, 0.2) is 54.6 Å². The van der Waals surface area contributed by atoms with Crippen molar-refractivity contribution < 1.29 is 19.0 Å². The first-order chi connectivity index (χ1) is 20.3. The summed E-state index contributed by atoms with van der Waals surface area (Å²) in [5.41, 5.74) is 11.9. The van der Waals surface area contributed by atoms with Gasteiger partial charge in [0.1, 0.15) is 19.0 Å². The van der Waals surface area contributed by atoms with Gasteiger partial charge in [0.15, 0.2) is 5.75 Å². The van der Waals surface area contributed by atoms with E-state index in [-0.39, 0.29) is 11.8 Å². The summed E-state index contributed by atoms with van der Waals surface area (Å²) in [6, 6.07) is 18.3. The van der Waals surface area contributed by atoms with E-state index in [1.807, 2.05) is 43.3 Å². The third kappa shape index (κ3) is 9.11. The fourth-order valence-corrected chi connectivity index (χ4v) is 5.77. The number of rotatable bonds is 16. The van der Waals surface area contributed by atoms with Crippen molar-refractivity contribution in [1.29, 1.82) is 0 Å². The Labute approximate surface area is 260 Å². The molecular weight excluding hydrogens is 571 g/mol. The second kappa shape index (κ2) is 15.6. The van der Waals surface area contributed by atoms with Gasteiger partial charge in [-0.1, -0.05) is 53.5 Å². The number of carbonyl (C=O) groups is 1. The van der Waals surface area contributed by atoms with Crippen molar-refractivity contribution in [2.45, 2.75) is 58.5 Å². The topological polar surface area (TPSA) is 74.0 Å². The van der Waals surface area contributed by atoms with Crippen LogP contribution in [0.2, 0.25) is 10.0 Å². The molecule has 6 nitrogen and oxygen atoms in total. The molecule has 3 aromatic carbocycles. The summed E-state index contributed by atoms with van der Waals surface area (Å²) in [5, 5.41) is 0.963. The largest absolute Gasteiger partial charge is 0.490 e. The van der Waals surface area contributed by atoms with E-state index in [4.69, 9.17) is 43.1 Å². The normalized spacial score (nSPS) is 13.6. The van der Waals surface area contributed by atoms with Gasteiger partial charge >= 0.3 is 0 Å². The van der Waals surface area contributed by atoms with Crippen LogP contribution >= 0.6 is 23.2 Å². The van der Waals surface area contributed by atoms with Crippen molar-refractivity contribution in [1.82, 2.24) is 4.90 Å². The zero-order valence-corrected chi connectivity index (χ0v) is 26.3. The second-order valence-electron chi connectivity index (χ2n) is 11.1. The minimum atomic E-state index is -0.278. The highest BCUT2D eigenvalue weighted by atomic mass is 35.5. The molecule has 0 radical (unpaired) electrons. The Bertz CT molecular complexity index is 1300. The first kappa shape index (κ1) is 32.2. The maximum absolute atomic E-state index is 13.8. The van der Waals surface area contributed by atoms with E-state index >= 15 is 0 Å². The Hall–Kier alpha value is -2.77. The number of ether oxygens (including phenoxy) is 3. The van der Waals surface area contributed by atoms with E-state index in [9.17, 15) is 4.79 Å². The molecule has 1 atom stereocenters. The van der Waals surface area contributed by atoms with Crippen LogP contribution in [0.1, 0.15) is 47.1 Å². The van der Waals surface area contributed by atoms with Gasteiger partial charge in [-0.25, -0.2) is 0 Å². The zero-order chi connectivity index (χ0) is 30.1. The molecule has 1 amide bonds. The van der Waals surface area contributed by atoms with Gasteiger partial charge < -0.3 is 24.8 Å². The Kier molecular flexibility index (Phi) is 12.0. The van der Waals surface area contributed by atoms with Gasteiger partial charge in [0, 0.05) is 32.8 Å². The molecule has 42 heavy (non-hydrogen) atoms. The summed E-state index contributed by atoms with van der Waals surface area (Å²) in [6.07, 6.45) is 4.63. The number of benzene rings is 3. The molecule has 0 saturated heterocycles. The summed E-state index contributed by atoms with van der Waals surface area (Å²) in [5.74, 6) is 1.04. The van der Waals surface area contributed by atoms with Gasteiger partial charge in [-0.15, -0.1) is 0 Å². The SMILES string of the molecule is COCCCc1ccc(C)c(CN(C(=O)C(CN)Cc2ccc(OCCOc3c(Cl)cc(C)cc3Cl)cc2)C2CC2)c1. The van der Waals surface area contributed by atoms with E-state index < -0.39 is 0 Å². The van der Waals surface area contributed by atoms with Crippen molar-refractivity contribution in [2.75, 3.05) is 33.5 Å². The zero-order valence-electron chi connectivity index (χ0n) is 24.8. The number of halogens is 2. The summed E-state index contributed by atoms with van der Waals surface area (Å²) in [4.78, 5) is 15.8. The smallest absolute Gasteiger partial charge is 0.227 e. The average Bonchev–Trinajstić information content (AvgIpc) is 3.81. The van der Waals surface area contributed by atoms with Gasteiger partial charge in [-0.05, 0) is 98.0 Å². The van der Waals surface area contributed by atoms with Gasteiger partial charge in [-0.2, -0.15) is 0 Å². The Morgan fingerprint density at radius 2 is 1.62 bits per heavy atom. The molecule has 0 aromatic heterocycles. The standard InChI is InChI=1S/C34H42Cl2N2O4/c1-23-17-31(35)33(32(36)18-23)42-16-15-41-30-12-8-26(9-13-30)19-27(21-37)34(39)38(29-10-11-29)22-28-20-25(5-4-14-40-3)7-6-24(28)2/h6-9,12-13,17-18,20,27,29H,4-5,10-11,14-16,19,21-22,37H2,1-3H3. The van der Waals surface area contributed by atoms with Gasteiger partial charge in [-0.3, -0.25) is 4.79 Å². The van der Waals surface area contributed by atoms with Crippen LogP contribution in [-0.4, -0.2) is 50.3 Å². The van der Waals surface area contributed by atoms with Gasteiger partial charge in [0.25, 0.3) is 0 Å².